The molecule has 94 valence electrons. The molecule has 18 heavy (non-hydrogen) atoms. The molecule has 0 atom stereocenters. The quantitative estimate of drug-likeness (QED) is 0.823. The number of fused-ring (bicyclic) bond motifs is 1. The van der Waals surface area contributed by atoms with Gasteiger partial charge in [-0.1, -0.05) is 0 Å². The van der Waals surface area contributed by atoms with Crippen LogP contribution in [0.15, 0.2) is 12.5 Å². The maximum absolute atomic E-state index is 13.8. The first-order valence-corrected chi connectivity index (χ1v) is 5.60. The number of hydrogen-bond donors (Lipinski definition) is 1. The summed E-state index contributed by atoms with van der Waals surface area (Å²) in [5, 5.41) is 10.6. The molecule has 3 rings (SSSR count). The van der Waals surface area contributed by atoms with Crippen molar-refractivity contribution in [1.82, 2.24) is 24.7 Å². The van der Waals surface area contributed by atoms with E-state index in [2.05, 4.69) is 25.5 Å². The van der Waals surface area contributed by atoms with Gasteiger partial charge in [-0.25, -0.2) is 9.37 Å². The number of anilines is 2. The summed E-state index contributed by atoms with van der Waals surface area (Å²) in [5.74, 6) is 1.08. The van der Waals surface area contributed by atoms with Crippen LogP contribution in [-0.4, -0.2) is 38.3 Å². The molecule has 3 heterocycles. The largest absolute Gasteiger partial charge is 0.357 e. The normalized spacial score (nSPS) is 14.4. The lowest BCUT2D eigenvalue weighted by atomic mass is 10.3. The second kappa shape index (κ2) is 4.21. The number of nitrogens with one attached hydrogen (secondary N) is 1. The van der Waals surface area contributed by atoms with Gasteiger partial charge in [-0.15, -0.1) is 10.2 Å². The third-order valence-corrected chi connectivity index (χ3v) is 2.89. The van der Waals surface area contributed by atoms with Crippen LogP contribution in [0.3, 0.4) is 0 Å². The van der Waals surface area contributed by atoms with Crippen molar-refractivity contribution < 1.29 is 4.39 Å². The number of halogens is 1. The third kappa shape index (κ3) is 1.75. The second-order valence-electron chi connectivity index (χ2n) is 3.98. The first-order chi connectivity index (χ1) is 8.78. The summed E-state index contributed by atoms with van der Waals surface area (Å²) in [6.45, 7) is 1.89. The lowest BCUT2D eigenvalue weighted by Crippen LogP contribution is -2.35. The Balaban J connectivity index is 1.92. The minimum absolute atomic E-state index is 0.295. The fourth-order valence-electron chi connectivity index (χ4n) is 1.95. The Kier molecular flexibility index (Phi) is 2.54. The van der Waals surface area contributed by atoms with Gasteiger partial charge in [0.1, 0.15) is 6.33 Å². The van der Waals surface area contributed by atoms with E-state index in [-0.39, 0.29) is 0 Å². The van der Waals surface area contributed by atoms with Crippen LogP contribution in [0.4, 0.5) is 16.2 Å². The molecule has 0 bridgehead atoms. The first-order valence-electron chi connectivity index (χ1n) is 5.60. The van der Waals surface area contributed by atoms with Crippen LogP contribution >= 0.6 is 0 Å². The molecule has 0 saturated heterocycles. The summed E-state index contributed by atoms with van der Waals surface area (Å²) < 4.78 is 15.7. The van der Waals surface area contributed by atoms with Gasteiger partial charge in [0.2, 0.25) is 5.95 Å². The van der Waals surface area contributed by atoms with Crippen molar-refractivity contribution in [2.24, 2.45) is 0 Å². The Labute approximate surface area is 103 Å². The highest BCUT2D eigenvalue weighted by Gasteiger charge is 2.21. The van der Waals surface area contributed by atoms with Crippen LogP contribution in [0, 0.1) is 5.82 Å². The molecule has 2 aromatic rings. The summed E-state index contributed by atoms with van der Waals surface area (Å²) in [5.41, 5.74) is 0. The monoisotopic (exact) mass is 249 g/mol. The van der Waals surface area contributed by atoms with Crippen molar-refractivity contribution >= 4 is 11.8 Å². The van der Waals surface area contributed by atoms with Crippen molar-refractivity contribution in [2.75, 3.05) is 23.8 Å². The van der Waals surface area contributed by atoms with Crippen LogP contribution in [-0.2, 0) is 13.1 Å². The predicted octanol–water partition coefficient (Wildman–Crippen LogP) is 0.269. The Hall–Kier alpha value is -2.25. The fourth-order valence-corrected chi connectivity index (χ4v) is 1.95. The Bertz CT molecular complexity index is 567. The number of nitrogens with zero attached hydrogens (tertiary/aromatic N) is 6. The van der Waals surface area contributed by atoms with E-state index in [1.165, 1.54) is 6.20 Å². The van der Waals surface area contributed by atoms with Gasteiger partial charge in [0.25, 0.3) is 0 Å². The molecule has 1 N–H and O–H groups in total. The SMILES string of the molecule is CNc1ncc(F)c(N2CCn3cnnc3C2)n1. The average molecular weight is 249 g/mol. The maximum atomic E-state index is 13.8. The van der Waals surface area contributed by atoms with Crippen molar-refractivity contribution in [1.29, 1.82) is 0 Å². The molecule has 1 aliphatic heterocycles. The zero-order chi connectivity index (χ0) is 12.5. The van der Waals surface area contributed by atoms with Gasteiger partial charge in [0, 0.05) is 20.1 Å². The van der Waals surface area contributed by atoms with Gasteiger partial charge >= 0.3 is 0 Å². The van der Waals surface area contributed by atoms with Crippen LogP contribution in [0.1, 0.15) is 5.82 Å². The van der Waals surface area contributed by atoms with Crippen molar-refractivity contribution in [3.05, 3.63) is 24.2 Å². The lowest BCUT2D eigenvalue weighted by molar-refractivity contribution is 0.535. The molecular formula is C10H12FN7. The summed E-state index contributed by atoms with van der Waals surface area (Å²) >= 11 is 0. The van der Waals surface area contributed by atoms with E-state index in [0.29, 0.717) is 24.9 Å². The van der Waals surface area contributed by atoms with Gasteiger partial charge in [-0.05, 0) is 0 Å². The Morgan fingerprint density at radius 3 is 3.11 bits per heavy atom. The molecule has 0 saturated carbocycles. The van der Waals surface area contributed by atoms with Crippen molar-refractivity contribution in [3.63, 3.8) is 0 Å². The summed E-state index contributed by atoms with van der Waals surface area (Å²) in [6.07, 6.45) is 2.86. The molecular weight excluding hydrogens is 237 g/mol. The number of rotatable bonds is 2. The molecule has 8 heteroatoms. The lowest BCUT2D eigenvalue weighted by Gasteiger charge is -2.28. The Morgan fingerprint density at radius 1 is 1.39 bits per heavy atom. The molecule has 0 radical (unpaired) electrons. The van der Waals surface area contributed by atoms with E-state index in [0.717, 1.165) is 12.4 Å². The van der Waals surface area contributed by atoms with Crippen LogP contribution in [0.2, 0.25) is 0 Å². The standard InChI is InChI=1S/C10H12FN7/c1-12-10-13-4-7(11)9(15-10)17-2-3-18-6-14-16-8(18)5-17/h4,6H,2-3,5H2,1H3,(H,12,13,15). The van der Waals surface area contributed by atoms with Crippen LogP contribution in [0.25, 0.3) is 0 Å². The van der Waals surface area contributed by atoms with Gasteiger partial charge in [-0.3, -0.25) is 0 Å². The number of aromatic nitrogens is 5. The molecule has 0 unspecified atom stereocenters. The molecule has 0 aromatic carbocycles. The topological polar surface area (TPSA) is 71.8 Å². The zero-order valence-corrected chi connectivity index (χ0v) is 9.84. The van der Waals surface area contributed by atoms with E-state index in [1.807, 2.05) is 9.47 Å². The molecule has 7 nitrogen and oxygen atoms in total. The second-order valence-corrected chi connectivity index (χ2v) is 3.98. The number of hydrogen-bond acceptors (Lipinski definition) is 6. The van der Waals surface area contributed by atoms with Crippen molar-refractivity contribution in [3.8, 4) is 0 Å². The highest BCUT2D eigenvalue weighted by atomic mass is 19.1. The first kappa shape index (κ1) is 10.9. The molecule has 0 aliphatic carbocycles. The van der Waals surface area contributed by atoms with Crippen LogP contribution in [0.5, 0.6) is 0 Å². The molecule has 0 amide bonds. The summed E-state index contributed by atoms with van der Waals surface area (Å²) in [4.78, 5) is 9.81. The maximum Gasteiger partial charge on any atom is 0.224 e. The van der Waals surface area contributed by atoms with E-state index in [9.17, 15) is 4.39 Å². The third-order valence-electron chi connectivity index (χ3n) is 2.89. The van der Waals surface area contributed by atoms with Crippen LogP contribution < -0.4 is 10.2 Å². The summed E-state index contributed by atoms with van der Waals surface area (Å²) in [6, 6.07) is 0. The molecule has 0 spiro atoms. The predicted molar refractivity (Wildman–Crippen MR) is 62.6 cm³/mol. The highest BCUT2D eigenvalue weighted by Crippen LogP contribution is 2.21. The fraction of sp³-hybridized carbons (Fsp3) is 0.400. The van der Waals surface area contributed by atoms with E-state index >= 15 is 0 Å². The van der Waals surface area contributed by atoms with Gasteiger partial charge < -0.3 is 14.8 Å². The minimum atomic E-state index is -0.429. The van der Waals surface area contributed by atoms with Gasteiger partial charge in [0.15, 0.2) is 17.5 Å². The summed E-state index contributed by atoms with van der Waals surface area (Å²) in [7, 11) is 1.70. The Morgan fingerprint density at radius 2 is 2.28 bits per heavy atom. The van der Waals surface area contributed by atoms with E-state index in [4.69, 9.17) is 0 Å². The molecule has 1 aliphatic rings. The highest BCUT2D eigenvalue weighted by molar-refractivity contribution is 5.44. The zero-order valence-electron chi connectivity index (χ0n) is 9.84. The molecule has 2 aromatic heterocycles. The van der Waals surface area contributed by atoms with E-state index < -0.39 is 5.82 Å². The van der Waals surface area contributed by atoms with Gasteiger partial charge in [0.05, 0.1) is 12.7 Å². The minimum Gasteiger partial charge on any atom is -0.357 e. The van der Waals surface area contributed by atoms with E-state index in [1.54, 1.807) is 13.4 Å². The smallest absolute Gasteiger partial charge is 0.224 e. The van der Waals surface area contributed by atoms with Gasteiger partial charge in [-0.2, -0.15) is 4.98 Å². The van der Waals surface area contributed by atoms with Crippen molar-refractivity contribution in [2.45, 2.75) is 13.1 Å². The molecule has 0 fully saturated rings. The average Bonchev–Trinajstić information content (AvgIpc) is 2.86.